The van der Waals surface area contributed by atoms with Crippen molar-refractivity contribution in [2.75, 3.05) is 0 Å². The summed E-state index contributed by atoms with van der Waals surface area (Å²) in [5.41, 5.74) is 12.9. The Morgan fingerprint density at radius 3 is 2.02 bits per heavy atom. The number of aromatic nitrogens is 2. The Morgan fingerprint density at radius 1 is 0.660 bits per heavy atom. The van der Waals surface area contributed by atoms with Crippen LogP contribution in [-0.4, -0.2) is 18.0 Å². The third-order valence-corrected chi connectivity index (χ3v) is 11.5. The van der Waals surface area contributed by atoms with Gasteiger partial charge in [-0.1, -0.05) is 129 Å². The minimum atomic E-state index is -1.34. The molecule has 5 heteroatoms. The van der Waals surface area contributed by atoms with Gasteiger partial charge in [-0.05, 0) is 70.2 Å². The van der Waals surface area contributed by atoms with Crippen LogP contribution in [0.3, 0.4) is 0 Å². The van der Waals surface area contributed by atoms with Gasteiger partial charge in [0, 0.05) is 43.4 Å². The van der Waals surface area contributed by atoms with Gasteiger partial charge in [-0.2, -0.15) is 0 Å². The van der Waals surface area contributed by atoms with Crippen LogP contribution in [0.1, 0.15) is 25.0 Å². The zero-order valence-corrected chi connectivity index (χ0v) is 34.6. The van der Waals surface area contributed by atoms with Crippen molar-refractivity contribution >= 4 is 35.2 Å². The molecule has 3 aromatic heterocycles. The number of furan rings is 1. The summed E-state index contributed by atoms with van der Waals surface area (Å²) in [5, 5.41) is 3.68. The molecule has 0 fully saturated rings. The normalized spacial score (nSPS) is 11.3. The summed E-state index contributed by atoms with van der Waals surface area (Å²) in [6.45, 7) is 13.9. The first-order valence-corrected chi connectivity index (χ1v) is 21.6. The van der Waals surface area contributed by atoms with Crippen molar-refractivity contribution in [1.82, 2.24) is 9.97 Å². The van der Waals surface area contributed by atoms with Crippen molar-refractivity contribution in [3.05, 3.63) is 163 Å². The third kappa shape index (κ3) is 8.50. The summed E-state index contributed by atoms with van der Waals surface area (Å²) in [7, 11) is -1.34. The number of benzene rings is 5. The maximum atomic E-state index is 6.31. The number of fused-ring (bicyclic) bond motifs is 3. The summed E-state index contributed by atoms with van der Waals surface area (Å²) in [5.74, 6) is 0.667. The molecule has 0 aliphatic heterocycles. The van der Waals surface area contributed by atoms with E-state index in [9.17, 15) is 0 Å². The molecule has 0 aliphatic carbocycles. The fraction of sp³-hybridized carbons (Fsp3) is 0.167. The van der Waals surface area contributed by atoms with Crippen LogP contribution in [0.2, 0.25) is 19.6 Å². The van der Waals surface area contributed by atoms with Gasteiger partial charge in [-0.15, -0.1) is 54.1 Å². The molecule has 5 aromatic carbocycles. The Labute approximate surface area is 328 Å². The van der Waals surface area contributed by atoms with E-state index in [2.05, 4.69) is 155 Å². The minimum absolute atomic E-state index is 0. The molecule has 0 saturated heterocycles. The van der Waals surface area contributed by atoms with Crippen LogP contribution in [0, 0.1) is 25.0 Å². The van der Waals surface area contributed by atoms with Gasteiger partial charge in [-0.25, -0.2) is 0 Å². The zero-order chi connectivity index (χ0) is 36.2. The van der Waals surface area contributed by atoms with E-state index in [0.29, 0.717) is 5.92 Å². The third-order valence-electron chi connectivity index (χ3n) is 9.40. The molecule has 8 aromatic rings. The van der Waals surface area contributed by atoms with Crippen LogP contribution >= 0.6 is 0 Å². The molecule has 0 bridgehead atoms. The van der Waals surface area contributed by atoms with Gasteiger partial charge in [0.1, 0.15) is 5.58 Å². The first-order valence-electron chi connectivity index (χ1n) is 18.1. The second kappa shape index (κ2) is 16.4. The Bertz CT molecular complexity index is 2450. The molecule has 0 unspecified atom stereocenters. The topological polar surface area (TPSA) is 38.9 Å². The number of hydrogen-bond donors (Lipinski definition) is 0. The first-order chi connectivity index (χ1) is 25.2. The zero-order valence-electron chi connectivity index (χ0n) is 31.2. The number of pyridine rings is 2. The Morgan fingerprint density at radius 2 is 1.36 bits per heavy atom. The van der Waals surface area contributed by atoms with Gasteiger partial charge < -0.3 is 14.4 Å². The number of rotatable bonds is 7. The Kier molecular flexibility index (Phi) is 11.7. The van der Waals surface area contributed by atoms with E-state index in [1.54, 1.807) is 0 Å². The predicted octanol–water partition coefficient (Wildman–Crippen LogP) is 12.4. The molecule has 1 radical (unpaired) electrons. The van der Waals surface area contributed by atoms with Gasteiger partial charge in [0.05, 0.1) is 13.7 Å². The molecular weight excluding hydrogens is 841 g/mol. The average Bonchev–Trinajstić information content (AvgIpc) is 3.54. The molecule has 0 amide bonds. The monoisotopic (exact) mass is 885 g/mol. The summed E-state index contributed by atoms with van der Waals surface area (Å²) in [6, 6.07) is 50.3. The van der Waals surface area contributed by atoms with Crippen LogP contribution in [-0.2, 0) is 26.5 Å². The number of nitrogens with zero attached hydrogens (tertiary/aromatic N) is 2. The molecule has 3 nitrogen and oxygen atoms in total. The Balaban J connectivity index is 0.000000199. The van der Waals surface area contributed by atoms with Crippen LogP contribution in [0.15, 0.2) is 144 Å². The summed E-state index contributed by atoms with van der Waals surface area (Å²) in [6.07, 6.45) is 5.19. The maximum Gasteiger partial charge on any atom is 0.120 e. The fourth-order valence-corrected chi connectivity index (χ4v) is 8.43. The van der Waals surface area contributed by atoms with Gasteiger partial charge in [0.2, 0.25) is 0 Å². The maximum absolute atomic E-state index is 6.31. The van der Waals surface area contributed by atoms with Gasteiger partial charge >= 0.3 is 0 Å². The average molecular weight is 885 g/mol. The second-order valence-corrected chi connectivity index (χ2v) is 19.9. The predicted molar refractivity (Wildman–Crippen MR) is 221 cm³/mol. The molecule has 8 rings (SSSR count). The van der Waals surface area contributed by atoms with Crippen LogP contribution in [0.25, 0.3) is 66.7 Å². The van der Waals surface area contributed by atoms with Crippen LogP contribution in [0.4, 0.5) is 0 Å². The molecular formula is C48H44IrN2OSi-2. The molecule has 0 N–H and O–H groups in total. The van der Waals surface area contributed by atoms with E-state index in [1.807, 2.05) is 42.6 Å². The van der Waals surface area contributed by atoms with E-state index in [0.717, 1.165) is 56.4 Å². The molecule has 0 saturated carbocycles. The van der Waals surface area contributed by atoms with E-state index in [4.69, 9.17) is 9.40 Å². The van der Waals surface area contributed by atoms with E-state index < -0.39 is 8.07 Å². The van der Waals surface area contributed by atoms with E-state index in [-0.39, 0.29) is 20.1 Å². The van der Waals surface area contributed by atoms with Gasteiger partial charge in [-0.3, -0.25) is 0 Å². The van der Waals surface area contributed by atoms with Gasteiger partial charge in [0.15, 0.2) is 0 Å². The summed E-state index contributed by atoms with van der Waals surface area (Å²) in [4.78, 5) is 9.47. The van der Waals surface area contributed by atoms with Crippen molar-refractivity contribution in [2.24, 2.45) is 5.92 Å². The second-order valence-electron chi connectivity index (χ2n) is 14.9. The number of hydrogen-bond acceptors (Lipinski definition) is 3. The molecule has 267 valence electrons. The first kappa shape index (κ1) is 37.8. The molecule has 0 atom stereocenters. The molecule has 0 aliphatic rings. The van der Waals surface area contributed by atoms with Gasteiger partial charge in [0.25, 0.3) is 0 Å². The van der Waals surface area contributed by atoms with E-state index >= 15 is 0 Å². The van der Waals surface area contributed by atoms with Crippen molar-refractivity contribution in [3.63, 3.8) is 0 Å². The number of aryl methyl sites for hydroxylation is 1. The van der Waals surface area contributed by atoms with Crippen molar-refractivity contribution < 1.29 is 24.5 Å². The molecule has 53 heavy (non-hydrogen) atoms. The van der Waals surface area contributed by atoms with Crippen LogP contribution in [0.5, 0.6) is 0 Å². The molecule has 3 heterocycles. The van der Waals surface area contributed by atoms with Crippen molar-refractivity contribution in [1.29, 1.82) is 0 Å². The summed E-state index contributed by atoms with van der Waals surface area (Å²) < 4.78 is 6.31. The van der Waals surface area contributed by atoms with E-state index in [1.165, 1.54) is 33.0 Å². The fourth-order valence-electron chi connectivity index (χ4n) is 6.84. The van der Waals surface area contributed by atoms with Crippen LogP contribution < -0.4 is 5.19 Å². The molecule has 0 spiro atoms. The van der Waals surface area contributed by atoms with Crippen molar-refractivity contribution in [2.45, 2.75) is 46.8 Å². The van der Waals surface area contributed by atoms with Crippen molar-refractivity contribution in [3.8, 4) is 44.8 Å². The minimum Gasteiger partial charge on any atom is -0.501 e. The standard InChI is InChI=1S/C30H20NO.C18H24NSi.Ir/c1-20-17-28(31-19-27(20)22-11-6-3-7-12-22)25-14-8-13-24-26-18-23(21-9-4-2-5-10-21)15-16-29(26)32-30(24)25;1-14(2)11-16-12-17(15-9-7-6-8-10-15)19-13-18(16)20(3,4)5;/h2-13,15-19H,1H3;6-9,12-14H,11H2,1-5H3;/q2*-1;. The Hall–Kier alpha value is -4.93. The SMILES string of the molecule is CC(C)Cc1cc(-c2[c-]cccc2)ncc1[Si](C)(C)C.Cc1cc(-c2[c-]ccc3c2oc2ccc(-c4ccccc4)cc23)ncc1-c1ccccc1.[Ir]. The largest absolute Gasteiger partial charge is 0.501 e. The smallest absolute Gasteiger partial charge is 0.120 e. The quantitative estimate of drug-likeness (QED) is 0.118. The summed E-state index contributed by atoms with van der Waals surface area (Å²) >= 11 is 0.